The van der Waals surface area contributed by atoms with Crippen molar-refractivity contribution in [3.8, 4) is 11.5 Å². The van der Waals surface area contributed by atoms with Crippen LogP contribution >= 0.6 is 31.9 Å². The van der Waals surface area contributed by atoms with E-state index in [-0.39, 0.29) is 159 Å². The molecule has 0 spiro atoms. The molecule has 0 heterocycles. The first kappa shape index (κ1) is 57.4. The van der Waals surface area contributed by atoms with E-state index in [2.05, 4.69) is 115 Å². The van der Waals surface area contributed by atoms with Crippen molar-refractivity contribution in [3.63, 3.8) is 0 Å². The van der Waals surface area contributed by atoms with Gasteiger partial charge in [-0.1, -0.05) is 105 Å². The van der Waals surface area contributed by atoms with Gasteiger partial charge in [0.25, 0.3) is 16.6 Å². The molecule has 0 atom stereocenters. The Morgan fingerprint density at radius 1 is 0.679 bits per heavy atom. The van der Waals surface area contributed by atoms with E-state index in [0.29, 0.717) is 28.6 Å². The number of hydrogen-bond acceptors (Lipinski definition) is 8. The summed E-state index contributed by atoms with van der Waals surface area (Å²) in [6, 6.07) is 24.1. The summed E-state index contributed by atoms with van der Waals surface area (Å²) in [5, 5.41) is 22.3. The van der Waals surface area contributed by atoms with E-state index < -0.39 is 10.1 Å². The fraction of sp³-hybridized carbons (Fsp3) is 0.512. The third-order valence-corrected chi connectivity index (χ3v) is 11.6. The van der Waals surface area contributed by atoms with Crippen LogP contribution in [0.25, 0.3) is 21.5 Å². The maximum Gasteiger partial charge on any atom is 1.00 e. The molecule has 4 aromatic carbocycles. The monoisotopic (exact) mass is 1160 g/mol. The maximum atomic E-state index is 11.0. The number of phenols is 1. The van der Waals surface area contributed by atoms with Crippen LogP contribution in [-0.4, -0.2) is 38.5 Å². The van der Waals surface area contributed by atoms with Gasteiger partial charge in [0.05, 0.1) is 18.5 Å². The van der Waals surface area contributed by atoms with Crippen LogP contribution in [0.3, 0.4) is 0 Å². The third kappa shape index (κ3) is 21.5. The molecule has 0 radical (unpaired) electrons. The van der Waals surface area contributed by atoms with Crippen molar-refractivity contribution in [2.24, 2.45) is 22.7 Å². The van der Waals surface area contributed by atoms with Gasteiger partial charge in [-0.15, -0.1) is 0 Å². The van der Waals surface area contributed by atoms with Crippen LogP contribution in [-0.2, 0) is 24.0 Å². The number of carbonyl (C=O) groups is 1. The molecule has 56 heavy (non-hydrogen) atoms. The van der Waals surface area contributed by atoms with Gasteiger partial charge in [0.15, 0.2) is 0 Å². The van der Waals surface area contributed by atoms with E-state index >= 15 is 0 Å². The van der Waals surface area contributed by atoms with Gasteiger partial charge in [-0.2, -0.15) is 8.42 Å². The first-order valence-corrected chi connectivity index (χ1v) is 21.5. The largest absolute Gasteiger partial charge is 1.00 e. The Hall–Kier alpha value is 1.40. The fourth-order valence-corrected chi connectivity index (χ4v) is 8.43. The summed E-state index contributed by atoms with van der Waals surface area (Å²) in [4.78, 5) is 11.2. The summed E-state index contributed by atoms with van der Waals surface area (Å²) in [7, 11) is -3.28. The summed E-state index contributed by atoms with van der Waals surface area (Å²) >= 11 is 6.91. The quantitative estimate of drug-likeness (QED) is 0.118. The van der Waals surface area contributed by atoms with E-state index in [1.807, 2.05) is 24.3 Å². The van der Waals surface area contributed by atoms with Crippen LogP contribution in [0.15, 0.2) is 81.7 Å². The molecule has 13 heteroatoms. The van der Waals surface area contributed by atoms with E-state index in [9.17, 15) is 13.5 Å². The Morgan fingerprint density at radius 3 is 1.46 bits per heavy atom. The summed E-state index contributed by atoms with van der Waals surface area (Å²) in [5.41, 5.74) is 0.761. The van der Waals surface area contributed by atoms with Crippen LogP contribution < -0.4 is 148 Å². The molecule has 1 N–H and O–H groups in total. The number of phenolic OH excluding ortho intramolecular Hbond substituents is 1. The van der Waals surface area contributed by atoms with Crippen molar-refractivity contribution in [2.75, 3.05) is 6.26 Å². The standard InChI is InChI=1S/C20H25BrO.C11H22O3S.C10H7BrO.CH2O3.CH4.2Cs.H/c1-20(2,3)16-6-10-18(11-7-16)22-19-9-5-14-12-17(21)8-4-15(14)13-19;1-11(2,3)9-5-7-10(8-6-9)14-15(4,12)13;11-9-3-1-8-6-10(12)4-2-7(8)5-9;2-1-4-3;;;;/h4-5,8-9,12-13,16,18H,6-7,10-11H2,1-3H3;9-10H,5-8H2,1-4H3;1-6,12H;1,3H;1H4;;;/q;;;;;2*+1;-1/p-1. The van der Waals surface area contributed by atoms with E-state index in [1.165, 1.54) is 36.5 Å². The second kappa shape index (κ2) is 27.5. The molecule has 302 valence electrons. The number of benzene rings is 4. The smallest absolute Gasteiger partial charge is 1.00 e. The average Bonchev–Trinajstić information content (AvgIpc) is 3.08. The number of rotatable bonds is 5. The van der Waals surface area contributed by atoms with Crippen LogP contribution in [0.2, 0.25) is 0 Å². The third-order valence-electron chi connectivity index (χ3n) is 10.0. The minimum atomic E-state index is -3.28. The predicted molar refractivity (Wildman–Crippen MR) is 227 cm³/mol. The maximum absolute atomic E-state index is 11.0. The van der Waals surface area contributed by atoms with Gasteiger partial charge in [-0.3, -0.25) is 8.98 Å². The number of fused-ring (bicyclic) bond motifs is 2. The molecule has 0 saturated heterocycles. The zero-order chi connectivity index (χ0) is 39.4. The van der Waals surface area contributed by atoms with E-state index in [0.717, 1.165) is 63.3 Å². The molecule has 0 bridgehead atoms. The van der Waals surface area contributed by atoms with Crippen molar-refractivity contribution in [1.29, 1.82) is 0 Å². The Labute approximate surface area is 472 Å². The van der Waals surface area contributed by atoms with Crippen LogP contribution in [0.4, 0.5) is 0 Å². The summed E-state index contributed by atoms with van der Waals surface area (Å²) in [5.74, 6) is 2.84. The van der Waals surface area contributed by atoms with Gasteiger partial charge in [0, 0.05) is 8.95 Å². The summed E-state index contributed by atoms with van der Waals surface area (Å²) in [6.45, 7) is 13.6. The van der Waals surface area contributed by atoms with Gasteiger partial charge in [-0.05, 0) is 144 Å². The van der Waals surface area contributed by atoms with Crippen LogP contribution in [0.1, 0.15) is 102 Å². The molecule has 0 amide bonds. The van der Waals surface area contributed by atoms with E-state index in [4.69, 9.17) is 19.0 Å². The molecule has 8 nitrogen and oxygen atoms in total. The molecule has 0 unspecified atom stereocenters. The van der Waals surface area contributed by atoms with Crippen molar-refractivity contribution in [3.05, 3.63) is 81.7 Å². The molecule has 2 saturated carbocycles. The molecular formula is C43H60Br2Cs2O8S. The fourth-order valence-electron chi connectivity index (χ4n) is 6.98. The van der Waals surface area contributed by atoms with Gasteiger partial charge >= 0.3 is 138 Å². The molecular weight excluding hydrogens is 1100 g/mol. The molecule has 0 aromatic heterocycles. The Bertz CT molecular complexity index is 1830. The number of hydrogen-bond donors (Lipinski definition) is 1. The predicted octanol–water partition coefficient (Wildman–Crippen LogP) is 5.65. The van der Waals surface area contributed by atoms with Crippen molar-refractivity contribution in [1.82, 2.24) is 0 Å². The first-order chi connectivity index (χ1) is 24.8. The summed E-state index contributed by atoms with van der Waals surface area (Å²) in [6.07, 6.45) is 10.2. The topological polar surface area (TPSA) is 122 Å². The minimum absolute atomic E-state index is 0. The van der Waals surface area contributed by atoms with Crippen LogP contribution in [0, 0.1) is 22.7 Å². The zero-order valence-corrected chi connectivity index (χ0v) is 50.5. The number of carbonyl (C=O) groups excluding carboxylic acids is 1. The molecule has 2 fully saturated rings. The second-order valence-electron chi connectivity index (χ2n) is 16.1. The molecule has 0 aliphatic heterocycles. The second-order valence-corrected chi connectivity index (χ2v) is 19.6. The SMILES string of the molecule is C.CC(C)(C)C1CCC(OS(C)(=O)=O)CC1.CC(C)(C)C1CCC(Oc2ccc3cc(Br)ccc3c2)CC1.O=CO[O-].Oc1ccc2cc(Br)ccc2c1.[Cs+].[Cs+].[H-]. The van der Waals surface area contributed by atoms with Gasteiger partial charge in [0.2, 0.25) is 0 Å². The molecule has 2 aliphatic carbocycles. The minimum Gasteiger partial charge on any atom is -1.00 e. The molecule has 4 aromatic rings. The molecule has 2 aliphatic rings. The first-order valence-electron chi connectivity index (χ1n) is 18.1. The normalized spacial score (nSPS) is 19.3. The number of ether oxygens (including phenoxy) is 1. The van der Waals surface area contributed by atoms with Crippen LogP contribution in [0.5, 0.6) is 11.5 Å². The van der Waals surface area contributed by atoms with E-state index in [1.54, 1.807) is 12.1 Å². The average molecular weight is 1160 g/mol. The van der Waals surface area contributed by atoms with Crippen molar-refractivity contribution >= 4 is 70.0 Å². The van der Waals surface area contributed by atoms with Gasteiger partial charge in [-0.25, -0.2) is 0 Å². The van der Waals surface area contributed by atoms with Gasteiger partial charge in [0.1, 0.15) is 11.5 Å². The van der Waals surface area contributed by atoms with Crippen molar-refractivity contribution in [2.45, 2.75) is 113 Å². The zero-order valence-electron chi connectivity index (χ0n) is 34.9. The Balaban J connectivity index is 0. The van der Waals surface area contributed by atoms with Crippen molar-refractivity contribution < 1.29 is 177 Å². The Kier molecular flexibility index (Phi) is 28.1. The molecule has 6 rings (SSSR count). The number of halogens is 2. The van der Waals surface area contributed by atoms with Gasteiger partial charge < -0.3 is 21.4 Å². The number of aromatic hydroxyl groups is 1. The Morgan fingerprint density at radius 2 is 1.05 bits per heavy atom. The summed E-state index contributed by atoms with van der Waals surface area (Å²) < 4.78 is 35.3.